The molecule has 118 valence electrons. The van der Waals surface area contributed by atoms with Crippen molar-refractivity contribution in [2.24, 2.45) is 0 Å². The Balaban J connectivity index is 1.87. The predicted molar refractivity (Wildman–Crippen MR) is 72.7 cm³/mol. The fraction of sp³-hybridized carbons (Fsp3) is 0.467. The summed E-state index contributed by atoms with van der Waals surface area (Å²) in [4.78, 5) is 0. The molecule has 0 saturated carbocycles. The zero-order chi connectivity index (χ0) is 15.7. The Morgan fingerprint density at radius 1 is 1.23 bits per heavy atom. The second-order valence-electron chi connectivity index (χ2n) is 5.44. The Hall–Kier alpha value is -1.89. The van der Waals surface area contributed by atoms with Crippen molar-refractivity contribution in [1.29, 1.82) is 0 Å². The Labute approximate surface area is 125 Å². The summed E-state index contributed by atoms with van der Waals surface area (Å²) in [5, 5.41) is 7.96. The summed E-state index contributed by atoms with van der Waals surface area (Å²) in [7, 11) is 0. The normalized spacial score (nSPS) is 20.1. The van der Waals surface area contributed by atoms with Crippen molar-refractivity contribution in [2.75, 3.05) is 6.61 Å². The van der Waals surface area contributed by atoms with Crippen LogP contribution in [0.4, 0.5) is 13.2 Å². The molecule has 1 unspecified atom stereocenters. The van der Waals surface area contributed by atoms with Crippen LogP contribution in [-0.2, 0) is 4.74 Å². The van der Waals surface area contributed by atoms with E-state index in [0.717, 1.165) is 19.3 Å². The van der Waals surface area contributed by atoms with Crippen LogP contribution in [0.5, 0.6) is 0 Å². The second-order valence-corrected chi connectivity index (χ2v) is 5.44. The van der Waals surface area contributed by atoms with Gasteiger partial charge in [0.2, 0.25) is 0 Å². The van der Waals surface area contributed by atoms with Gasteiger partial charge in [-0.25, -0.2) is 17.9 Å². The molecule has 0 radical (unpaired) electrons. The molecular formula is C15H16F3N3O. The van der Waals surface area contributed by atoms with E-state index in [1.165, 1.54) is 4.68 Å². The Morgan fingerprint density at radius 2 is 1.95 bits per heavy atom. The van der Waals surface area contributed by atoms with Gasteiger partial charge in [-0.15, -0.1) is 5.10 Å². The van der Waals surface area contributed by atoms with Crippen LogP contribution in [0.2, 0.25) is 0 Å². The molecule has 1 aliphatic heterocycles. The molecule has 1 aliphatic rings. The first-order chi connectivity index (χ1) is 10.6. The molecule has 1 aromatic carbocycles. The van der Waals surface area contributed by atoms with Crippen LogP contribution < -0.4 is 0 Å². The average Bonchev–Trinajstić information content (AvgIpc) is 2.97. The molecule has 0 aliphatic carbocycles. The molecule has 3 rings (SSSR count). The minimum atomic E-state index is -0.944. The molecule has 1 aromatic heterocycles. The maximum absolute atomic E-state index is 13.8. The lowest BCUT2D eigenvalue weighted by Gasteiger charge is -2.20. The van der Waals surface area contributed by atoms with Crippen molar-refractivity contribution in [1.82, 2.24) is 15.0 Å². The molecule has 1 fully saturated rings. The van der Waals surface area contributed by atoms with Crippen LogP contribution in [0.25, 0.3) is 0 Å². The van der Waals surface area contributed by atoms with Gasteiger partial charge in [-0.1, -0.05) is 5.21 Å². The summed E-state index contributed by atoms with van der Waals surface area (Å²) in [5.41, 5.74) is 0.414. The van der Waals surface area contributed by atoms with E-state index in [1.54, 1.807) is 13.1 Å². The molecule has 2 aromatic rings. The van der Waals surface area contributed by atoms with Gasteiger partial charge in [0.05, 0.1) is 12.2 Å². The summed E-state index contributed by atoms with van der Waals surface area (Å²) in [6, 6.07) is 0.596. The van der Waals surface area contributed by atoms with E-state index >= 15 is 0 Å². The second kappa shape index (κ2) is 6.08. The first-order valence-electron chi connectivity index (χ1n) is 7.24. The third-order valence-corrected chi connectivity index (χ3v) is 3.90. The molecule has 0 bridgehead atoms. The zero-order valence-corrected chi connectivity index (χ0v) is 12.1. The minimum absolute atomic E-state index is 0.127. The van der Waals surface area contributed by atoms with Crippen LogP contribution in [0.15, 0.2) is 18.3 Å². The van der Waals surface area contributed by atoms with Crippen molar-refractivity contribution in [2.45, 2.75) is 38.3 Å². The number of aromatic nitrogens is 3. The highest BCUT2D eigenvalue weighted by atomic mass is 19.1. The number of nitrogens with zero attached hydrogens (tertiary/aromatic N) is 3. The summed E-state index contributed by atoms with van der Waals surface area (Å²) in [5.74, 6) is -2.81. The van der Waals surface area contributed by atoms with Crippen LogP contribution >= 0.6 is 0 Å². The maximum Gasteiger partial charge on any atom is 0.134 e. The first-order valence-corrected chi connectivity index (χ1v) is 7.24. The SMILES string of the molecule is C[C@H](c1c(F)cc(F)cc1F)n1cc(C2CCCCO2)nn1. The summed E-state index contributed by atoms with van der Waals surface area (Å²) in [6.07, 6.45) is 4.42. The Kier molecular flexibility index (Phi) is 4.15. The van der Waals surface area contributed by atoms with Gasteiger partial charge in [0, 0.05) is 24.3 Å². The molecule has 2 atom stereocenters. The fourth-order valence-corrected chi connectivity index (χ4v) is 2.69. The van der Waals surface area contributed by atoms with Crippen molar-refractivity contribution in [3.63, 3.8) is 0 Å². The van der Waals surface area contributed by atoms with E-state index in [4.69, 9.17) is 4.74 Å². The standard InChI is InChI=1S/C15H16F3N3O/c1-9(15-11(17)6-10(16)7-12(15)18)21-8-13(19-20-21)14-4-2-3-5-22-14/h6-9,14H,2-5H2,1H3/t9-,14?/m1/s1. The van der Waals surface area contributed by atoms with Crippen molar-refractivity contribution in [3.8, 4) is 0 Å². The molecule has 0 amide bonds. The molecule has 1 saturated heterocycles. The zero-order valence-electron chi connectivity index (χ0n) is 12.1. The molecule has 22 heavy (non-hydrogen) atoms. The van der Waals surface area contributed by atoms with E-state index in [-0.39, 0.29) is 11.7 Å². The van der Waals surface area contributed by atoms with Crippen LogP contribution in [0.1, 0.15) is 49.6 Å². The van der Waals surface area contributed by atoms with Crippen molar-refractivity contribution < 1.29 is 17.9 Å². The van der Waals surface area contributed by atoms with Gasteiger partial charge < -0.3 is 4.74 Å². The van der Waals surface area contributed by atoms with Gasteiger partial charge in [-0.3, -0.25) is 0 Å². The van der Waals surface area contributed by atoms with E-state index in [1.807, 2.05) is 0 Å². The van der Waals surface area contributed by atoms with Gasteiger partial charge in [-0.05, 0) is 26.2 Å². The van der Waals surface area contributed by atoms with E-state index in [9.17, 15) is 13.2 Å². The Morgan fingerprint density at radius 3 is 2.59 bits per heavy atom. The molecule has 4 nitrogen and oxygen atoms in total. The minimum Gasteiger partial charge on any atom is -0.372 e. The summed E-state index contributed by atoms with van der Waals surface area (Å²) >= 11 is 0. The number of benzene rings is 1. The van der Waals surface area contributed by atoms with Crippen molar-refractivity contribution >= 4 is 0 Å². The molecule has 0 N–H and O–H groups in total. The smallest absolute Gasteiger partial charge is 0.134 e. The van der Waals surface area contributed by atoms with Crippen LogP contribution in [0, 0.1) is 17.5 Å². The van der Waals surface area contributed by atoms with E-state index in [2.05, 4.69) is 10.3 Å². The average molecular weight is 311 g/mol. The number of halogens is 3. The number of hydrogen-bond acceptors (Lipinski definition) is 3. The highest BCUT2D eigenvalue weighted by Gasteiger charge is 2.23. The van der Waals surface area contributed by atoms with Gasteiger partial charge >= 0.3 is 0 Å². The summed E-state index contributed by atoms with van der Waals surface area (Å²) < 4.78 is 47.7. The topological polar surface area (TPSA) is 39.9 Å². The molecule has 7 heteroatoms. The highest BCUT2D eigenvalue weighted by Crippen LogP contribution is 2.28. The van der Waals surface area contributed by atoms with Gasteiger partial charge in [-0.2, -0.15) is 0 Å². The van der Waals surface area contributed by atoms with Crippen molar-refractivity contribution in [3.05, 3.63) is 47.0 Å². The molecule has 0 spiro atoms. The van der Waals surface area contributed by atoms with Crippen LogP contribution in [-0.4, -0.2) is 21.6 Å². The van der Waals surface area contributed by atoms with Gasteiger partial charge in [0.15, 0.2) is 0 Å². The van der Waals surface area contributed by atoms with E-state index < -0.39 is 23.5 Å². The molecule has 2 heterocycles. The number of rotatable bonds is 3. The van der Waals surface area contributed by atoms with Crippen LogP contribution in [0.3, 0.4) is 0 Å². The Bertz CT molecular complexity index is 645. The highest BCUT2D eigenvalue weighted by molar-refractivity contribution is 5.24. The fourth-order valence-electron chi connectivity index (χ4n) is 2.69. The lowest BCUT2D eigenvalue weighted by atomic mass is 10.1. The third-order valence-electron chi connectivity index (χ3n) is 3.90. The number of hydrogen-bond donors (Lipinski definition) is 0. The molecular weight excluding hydrogens is 295 g/mol. The number of ether oxygens (including phenoxy) is 1. The summed E-state index contributed by atoms with van der Waals surface area (Å²) in [6.45, 7) is 2.26. The predicted octanol–water partition coefficient (Wildman–Crippen LogP) is 3.55. The van der Waals surface area contributed by atoms with E-state index in [0.29, 0.717) is 24.4 Å². The lowest BCUT2D eigenvalue weighted by Crippen LogP contribution is -2.13. The first kappa shape index (κ1) is 15.0. The van der Waals surface area contributed by atoms with Gasteiger partial charge in [0.1, 0.15) is 29.2 Å². The maximum atomic E-state index is 13.8. The third kappa shape index (κ3) is 2.85. The lowest BCUT2D eigenvalue weighted by molar-refractivity contribution is 0.0122. The largest absolute Gasteiger partial charge is 0.372 e. The quantitative estimate of drug-likeness (QED) is 0.870. The monoisotopic (exact) mass is 311 g/mol. The van der Waals surface area contributed by atoms with Gasteiger partial charge in [0.25, 0.3) is 0 Å².